The zero-order valence-electron chi connectivity index (χ0n) is 16.3. The molecule has 0 atom stereocenters. The van der Waals surface area contributed by atoms with Gasteiger partial charge in [-0.15, -0.1) is 0 Å². The Morgan fingerprint density at radius 2 is 1.72 bits per heavy atom. The molecular formula is C22H14BrClF3N3O2. The Balaban J connectivity index is 1.74. The molecule has 0 heterocycles. The molecule has 0 radical (unpaired) electrons. The summed E-state index contributed by atoms with van der Waals surface area (Å²) in [5.41, 5.74) is 0.488. The lowest BCUT2D eigenvalue weighted by molar-refractivity contribution is -0.137. The van der Waals surface area contributed by atoms with Crippen molar-refractivity contribution in [2.75, 3.05) is 10.6 Å². The second-order valence-corrected chi connectivity index (χ2v) is 7.84. The van der Waals surface area contributed by atoms with Crippen molar-refractivity contribution in [2.24, 2.45) is 0 Å². The van der Waals surface area contributed by atoms with Gasteiger partial charge in [0.1, 0.15) is 11.5 Å². The minimum atomic E-state index is -4.64. The van der Waals surface area contributed by atoms with Crippen molar-refractivity contribution in [3.8, 4) is 11.5 Å². The third-order valence-electron chi connectivity index (χ3n) is 4.24. The maximum Gasteiger partial charge on any atom is 0.417 e. The molecule has 0 saturated heterocycles. The lowest BCUT2D eigenvalue weighted by Crippen LogP contribution is -2.20. The van der Waals surface area contributed by atoms with Crippen LogP contribution in [0.2, 0.25) is 5.02 Å². The van der Waals surface area contributed by atoms with E-state index in [4.69, 9.17) is 22.9 Å². The van der Waals surface area contributed by atoms with Gasteiger partial charge in [-0.1, -0.05) is 39.7 Å². The molecule has 3 aromatic carbocycles. The normalized spacial score (nSPS) is 10.9. The predicted octanol–water partition coefficient (Wildman–Crippen LogP) is 8.42. The van der Waals surface area contributed by atoms with Crippen LogP contribution in [0.25, 0.3) is 4.85 Å². The molecule has 32 heavy (non-hydrogen) atoms. The van der Waals surface area contributed by atoms with Gasteiger partial charge in [0.25, 0.3) is 0 Å². The molecule has 2 N–H and O–H groups in total. The van der Waals surface area contributed by atoms with E-state index in [1.807, 2.05) is 6.92 Å². The molecule has 10 heteroatoms. The van der Waals surface area contributed by atoms with Crippen LogP contribution in [-0.4, -0.2) is 6.03 Å². The van der Waals surface area contributed by atoms with Crippen LogP contribution in [0.5, 0.6) is 11.5 Å². The minimum absolute atomic E-state index is 0.0624. The number of aryl methyl sites for hydroxylation is 1. The second kappa shape index (κ2) is 9.51. The zero-order chi connectivity index (χ0) is 23.5. The van der Waals surface area contributed by atoms with Crippen molar-refractivity contribution in [1.29, 1.82) is 0 Å². The van der Waals surface area contributed by atoms with Crippen LogP contribution in [0.4, 0.5) is 35.0 Å². The van der Waals surface area contributed by atoms with Crippen LogP contribution in [0, 0.1) is 13.5 Å². The summed E-state index contributed by atoms with van der Waals surface area (Å²) < 4.78 is 45.4. The monoisotopic (exact) mass is 523 g/mol. The molecule has 3 rings (SSSR count). The van der Waals surface area contributed by atoms with E-state index in [0.717, 1.165) is 17.7 Å². The molecule has 0 aliphatic rings. The molecule has 0 unspecified atom stereocenters. The van der Waals surface area contributed by atoms with Crippen LogP contribution in [0.3, 0.4) is 0 Å². The Kier molecular flexibility index (Phi) is 6.96. The molecular weight excluding hydrogens is 511 g/mol. The summed E-state index contributed by atoms with van der Waals surface area (Å²) in [5.74, 6) is 0.936. The number of ether oxygens (including phenoxy) is 1. The number of anilines is 2. The van der Waals surface area contributed by atoms with Crippen LogP contribution >= 0.6 is 27.5 Å². The summed E-state index contributed by atoms with van der Waals surface area (Å²) in [4.78, 5) is 15.6. The largest absolute Gasteiger partial charge is 0.457 e. The summed E-state index contributed by atoms with van der Waals surface area (Å²) >= 11 is 8.89. The number of nitrogens with zero attached hydrogens (tertiary/aromatic N) is 1. The van der Waals surface area contributed by atoms with Crippen molar-refractivity contribution >= 4 is 50.6 Å². The van der Waals surface area contributed by atoms with Crippen LogP contribution in [0.15, 0.2) is 59.1 Å². The summed E-state index contributed by atoms with van der Waals surface area (Å²) in [6.07, 6.45) is -4.64. The average molecular weight is 525 g/mol. The van der Waals surface area contributed by atoms with E-state index < -0.39 is 22.8 Å². The first-order valence-corrected chi connectivity index (χ1v) is 10.1. The maximum absolute atomic E-state index is 13.0. The molecule has 3 aromatic rings. The molecule has 0 aliphatic carbocycles. The Morgan fingerprint density at radius 3 is 2.34 bits per heavy atom. The predicted molar refractivity (Wildman–Crippen MR) is 121 cm³/mol. The van der Waals surface area contributed by atoms with Crippen molar-refractivity contribution < 1.29 is 22.7 Å². The number of hydrogen-bond donors (Lipinski definition) is 2. The van der Waals surface area contributed by atoms with E-state index in [1.165, 1.54) is 6.07 Å². The Bertz CT molecular complexity index is 1230. The first-order valence-electron chi connectivity index (χ1n) is 8.97. The Morgan fingerprint density at radius 1 is 1.06 bits per heavy atom. The number of benzene rings is 3. The van der Waals surface area contributed by atoms with E-state index in [1.54, 1.807) is 36.4 Å². The highest BCUT2D eigenvalue weighted by Gasteiger charge is 2.33. The zero-order valence-corrected chi connectivity index (χ0v) is 18.7. The van der Waals surface area contributed by atoms with Gasteiger partial charge in [-0.2, -0.15) is 13.2 Å². The number of hydrogen-bond acceptors (Lipinski definition) is 2. The summed E-state index contributed by atoms with van der Waals surface area (Å²) in [7, 11) is 0. The molecule has 0 bridgehead atoms. The fourth-order valence-electron chi connectivity index (χ4n) is 2.67. The third kappa shape index (κ3) is 5.72. The van der Waals surface area contributed by atoms with E-state index in [-0.39, 0.29) is 5.69 Å². The highest BCUT2D eigenvalue weighted by molar-refractivity contribution is 9.10. The van der Waals surface area contributed by atoms with Gasteiger partial charge in [0.15, 0.2) is 0 Å². The van der Waals surface area contributed by atoms with Gasteiger partial charge in [0.2, 0.25) is 5.69 Å². The number of urea groups is 1. The molecule has 0 aliphatic heterocycles. The average Bonchev–Trinajstić information content (AvgIpc) is 2.71. The molecule has 0 fully saturated rings. The Hall–Kier alpha value is -3.22. The van der Waals surface area contributed by atoms with Gasteiger partial charge in [0.05, 0.1) is 17.2 Å². The van der Waals surface area contributed by atoms with E-state index in [2.05, 4.69) is 31.4 Å². The number of nitrogens with one attached hydrogen (secondary N) is 2. The van der Waals surface area contributed by atoms with Gasteiger partial charge in [-0.3, -0.25) is 0 Å². The number of carbonyl (C=O) groups is 1. The molecule has 2 amide bonds. The number of carbonyl (C=O) groups excluding carboxylic acids is 1. The Labute approximate surface area is 195 Å². The second-order valence-electron chi connectivity index (χ2n) is 6.58. The fourth-order valence-corrected chi connectivity index (χ4v) is 3.34. The van der Waals surface area contributed by atoms with Gasteiger partial charge < -0.3 is 15.4 Å². The maximum atomic E-state index is 13.0. The SMILES string of the molecule is [C-]#[N+]c1ccc(Oc2cc(NC(=O)Nc3ccc(Cl)c(C(F)(F)F)c3)ccc2C)cc1Br. The lowest BCUT2D eigenvalue weighted by atomic mass is 10.2. The number of rotatable bonds is 4. The topological polar surface area (TPSA) is 54.7 Å². The highest BCUT2D eigenvalue weighted by atomic mass is 79.9. The fraction of sp³-hybridized carbons (Fsp3) is 0.0909. The van der Waals surface area contributed by atoms with Crippen molar-refractivity contribution in [2.45, 2.75) is 13.1 Å². The first-order chi connectivity index (χ1) is 15.1. The molecule has 0 aromatic heterocycles. The van der Waals surface area contributed by atoms with Gasteiger partial charge >= 0.3 is 12.2 Å². The van der Waals surface area contributed by atoms with Crippen molar-refractivity contribution in [1.82, 2.24) is 0 Å². The van der Waals surface area contributed by atoms with Gasteiger partial charge in [-0.05, 0) is 48.9 Å². The molecule has 0 spiro atoms. The van der Waals surface area contributed by atoms with Crippen molar-refractivity contribution in [3.05, 3.63) is 86.6 Å². The van der Waals surface area contributed by atoms with E-state index >= 15 is 0 Å². The summed E-state index contributed by atoms with van der Waals surface area (Å²) in [5, 5.41) is 4.44. The smallest absolute Gasteiger partial charge is 0.417 e. The van der Waals surface area contributed by atoms with Crippen LogP contribution in [0.1, 0.15) is 11.1 Å². The van der Waals surface area contributed by atoms with E-state index in [9.17, 15) is 18.0 Å². The lowest BCUT2D eigenvalue weighted by Gasteiger charge is -2.14. The van der Waals surface area contributed by atoms with E-state index in [0.29, 0.717) is 27.3 Å². The van der Waals surface area contributed by atoms with Gasteiger partial charge in [0, 0.05) is 21.9 Å². The molecule has 0 saturated carbocycles. The summed E-state index contributed by atoms with van der Waals surface area (Å²) in [6.45, 7) is 8.90. The standard InChI is InChI=1S/C22H14BrClF3N3O2/c1-12-3-4-14(10-20(12)32-15-6-8-19(28-2)17(23)11-15)30-21(31)29-13-5-7-18(24)16(9-13)22(25,26)27/h3-11H,1H3,(H2,29,30,31). The molecule has 5 nitrogen and oxygen atoms in total. The van der Waals surface area contributed by atoms with Crippen LogP contribution < -0.4 is 15.4 Å². The highest BCUT2D eigenvalue weighted by Crippen LogP contribution is 2.36. The van der Waals surface area contributed by atoms with Gasteiger partial charge in [-0.25, -0.2) is 9.64 Å². The van der Waals surface area contributed by atoms with Crippen molar-refractivity contribution in [3.63, 3.8) is 0 Å². The number of alkyl halides is 3. The summed E-state index contributed by atoms with van der Waals surface area (Å²) in [6, 6.07) is 12.2. The first kappa shape index (κ1) is 23.4. The third-order valence-corrected chi connectivity index (χ3v) is 5.21. The number of halogens is 5. The number of amides is 2. The minimum Gasteiger partial charge on any atom is -0.457 e. The molecule has 164 valence electrons. The van der Waals surface area contributed by atoms with Crippen LogP contribution in [-0.2, 0) is 6.18 Å². The quantitative estimate of drug-likeness (QED) is 0.337.